The number of aliphatic carboxylic acids is 1. The maximum absolute atomic E-state index is 11.5. The molecule has 4 aliphatic heterocycles. The average Bonchev–Trinajstić information content (AvgIpc) is 3.02. The number of phenolic OH excluding ortho intramolecular Hbond substituents is 1. The second-order valence-corrected chi connectivity index (χ2v) is 9.77. The Bertz CT molecular complexity index is 1030. The van der Waals surface area contributed by atoms with Crippen LogP contribution >= 0.6 is 0 Å². The zero-order valence-corrected chi connectivity index (χ0v) is 17.9. The molecule has 1 aromatic carbocycles. The standard InChI is InChI=1S/C23H27NO9/c1-24-7-6-23-9-2-5-13(31-22-17(28)15(26)16(27)19(33-22)21(29)30)20(23)32-18-12(25)4-3-10(14(18)23)11(24)8-9/h2-5,9,11,13,15-17,19-20,22,25-28H,6-8H2,1H3,(H,29,30)/t9-,11?,13-,15-,16-,17+,19-,20-,22+,23-/m0/s1. The quantitative estimate of drug-likeness (QED) is 0.378. The number of ether oxygens (including phenoxy) is 3. The van der Waals surface area contributed by atoms with Crippen molar-refractivity contribution in [2.45, 2.75) is 67.2 Å². The largest absolute Gasteiger partial charge is 0.504 e. The van der Waals surface area contributed by atoms with Gasteiger partial charge in [-0.1, -0.05) is 18.2 Å². The van der Waals surface area contributed by atoms with Crippen molar-refractivity contribution in [2.24, 2.45) is 5.92 Å². The summed E-state index contributed by atoms with van der Waals surface area (Å²) in [5, 5.41) is 50.6. The van der Waals surface area contributed by atoms with Crippen LogP contribution in [0, 0.1) is 5.92 Å². The normalized spacial score (nSPS) is 45.4. The van der Waals surface area contributed by atoms with E-state index < -0.39 is 54.3 Å². The molecule has 6 aliphatic rings. The minimum absolute atomic E-state index is 0.0589. The number of carboxylic acids is 1. The number of phenols is 1. The van der Waals surface area contributed by atoms with E-state index >= 15 is 0 Å². The molecule has 0 amide bonds. The topological polar surface area (TPSA) is 149 Å². The Kier molecular flexibility index (Phi) is 4.62. The maximum Gasteiger partial charge on any atom is 0.335 e. The molecule has 0 radical (unpaired) electrons. The number of benzene rings is 1. The summed E-state index contributed by atoms with van der Waals surface area (Å²) in [6.07, 6.45) is -4.12. The molecule has 2 bridgehead atoms. The van der Waals surface area contributed by atoms with Gasteiger partial charge in [0.05, 0.1) is 0 Å². The molecule has 2 aliphatic carbocycles. The van der Waals surface area contributed by atoms with Gasteiger partial charge in [-0.05, 0) is 44.0 Å². The van der Waals surface area contributed by atoms with Gasteiger partial charge in [0.1, 0.15) is 30.5 Å². The van der Waals surface area contributed by atoms with Crippen molar-refractivity contribution in [3.8, 4) is 11.5 Å². The predicted molar refractivity (Wildman–Crippen MR) is 111 cm³/mol. The fourth-order valence-electron chi connectivity index (χ4n) is 6.59. The number of aromatic hydroxyl groups is 1. The Labute approximate surface area is 189 Å². The number of carboxylic acid groups (broad SMARTS) is 1. The molecule has 33 heavy (non-hydrogen) atoms. The van der Waals surface area contributed by atoms with E-state index in [1.54, 1.807) is 6.07 Å². The smallest absolute Gasteiger partial charge is 0.335 e. The molecular formula is C23H27NO9. The first kappa shape index (κ1) is 21.3. The van der Waals surface area contributed by atoms with Crippen LogP contribution in [0.5, 0.6) is 11.5 Å². The van der Waals surface area contributed by atoms with Gasteiger partial charge in [0.2, 0.25) is 0 Å². The lowest BCUT2D eigenvalue weighted by Crippen LogP contribution is -2.62. The van der Waals surface area contributed by atoms with E-state index in [9.17, 15) is 30.3 Å². The van der Waals surface area contributed by atoms with Crippen molar-refractivity contribution < 1.29 is 44.5 Å². The fourth-order valence-corrected chi connectivity index (χ4v) is 6.59. The van der Waals surface area contributed by atoms with E-state index in [4.69, 9.17) is 14.2 Å². The summed E-state index contributed by atoms with van der Waals surface area (Å²) in [7, 11) is 2.09. The summed E-state index contributed by atoms with van der Waals surface area (Å²) in [5.41, 5.74) is 1.68. The number of rotatable bonds is 3. The first-order valence-corrected chi connectivity index (χ1v) is 11.2. The molecule has 10 heteroatoms. The number of hydrogen-bond acceptors (Lipinski definition) is 9. The van der Waals surface area contributed by atoms with Gasteiger partial charge < -0.3 is 39.7 Å². The Morgan fingerprint density at radius 3 is 2.73 bits per heavy atom. The zero-order chi connectivity index (χ0) is 23.2. The third-order valence-corrected chi connectivity index (χ3v) is 8.23. The minimum atomic E-state index is -1.79. The third kappa shape index (κ3) is 2.73. The van der Waals surface area contributed by atoms with Crippen molar-refractivity contribution in [2.75, 3.05) is 13.6 Å². The van der Waals surface area contributed by atoms with Crippen molar-refractivity contribution in [3.05, 3.63) is 35.4 Å². The molecule has 2 fully saturated rings. The molecule has 4 heterocycles. The molecule has 10 atom stereocenters. The highest BCUT2D eigenvalue weighted by atomic mass is 16.7. The number of nitrogens with zero attached hydrogens (tertiary/aromatic N) is 1. The van der Waals surface area contributed by atoms with Gasteiger partial charge in [-0.15, -0.1) is 0 Å². The van der Waals surface area contributed by atoms with Gasteiger partial charge in [0.25, 0.3) is 0 Å². The van der Waals surface area contributed by atoms with Crippen LogP contribution in [0.1, 0.15) is 30.0 Å². The highest BCUT2D eigenvalue weighted by Gasteiger charge is 2.64. The van der Waals surface area contributed by atoms with Crippen LogP contribution in [0.15, 0.2) is 24.3 Å². The molecular weight excluding hydrogens is 434 g/mol. The van der Waals surface area contributed by atoms with Gasteiger partial charge >= 0.3 is 5.97 Å². The highest BCUT2D eigenvalue weighted by Crippen LogP contribution is 2.64. The van der Waals surface area contributed by atoms with Crippen LogP contribution in [0.25, 0.3) is 0 Å². The average molecular weight is 461 g/mol. The maximum atomic E-state index is 11.5. The molecule has 1 aromatic rings. The number of hydrogen-bond donors (Lipinski definition) is 5. The van der Waals surface area contributed by atoms with E-state index in [0.29, 0.717) is 5.75 Å². The van der Waals surface area contributed by atoms with Crippen molar-refractivity contribution in [1.82, 2.24) is 4.90 Å². The Balaban J connectivity index is 1.38. The first-order valence-electron chi connectivity index (χ1n) is 11.2. The van der Waals surface area contributed by atoms with Crippen LogP contribution in [0.2, 0.25) is 0 Å². The summed E-state index contributed by atoms with van der Waals surface area (Å²) in [6.45, 7) is 0.824. The van der Waals surface area contributed by atoms with Gasteiger partial charge in [0.15, 0.2) is 23.9 Å². The highest BCUT2D eigenvalue weighted by molar-refractivity contribution is 5.73. The van der Waals surface area contributed by atoms with E-state index in [1.807, 2.05) is 12.1 Å². The molecule has 0 aromatic heterocycles. The van der Waals surface area contributed by atoms with Gasteiger partial charge in [-0.2, -0.15) is 0 Å². The molecule has 178 valence electrons. The van der Waals surface area contributed by atoms with Crippen LogP contribution in [-0.4, -0.2) is 92.9 Å². The summed E-state index contributed by atoms with van der Waals surface area (Å²) in [5.74, 6) is -0.805. The Morgan fingerprint density at radius 1 is 1.18 bits per heavy atom. The van der Waals surface area contributed by atoms with Crippen molar-refractivity contribution in [1.29, 1.82) is 0 Å². The van der Waals surface area contributed by atoms with Gasteiger partial charge in [-0.3, -0.25) is 4.90 Å². The summed E-state index contributed by atoms with van der Waals surface area (Å²) in [6, 6.07) is 3.82. The SMILES string of the molecule is CN1CC[C@]23c4c5ccc(O)c4O[C@H]2[C@@H](O[C@@H]2O[C@H](C(=O)O)[C@@H](O)[C@H](O)[C@H]2O)C=C[C@H]3CC51. The molecule has 2 saturated heterocycles. The lowest BCUT2D eigenvalue weighted by atomic mass is 9.57. The first-order chi connectivity index (χ1) is 15.7. The second kappa shape index (κ2) is 7.14. The summed E-state index contributed by atoms with van der Waals surface area (Å²) < 4.78 is 17.7. The van der Waals surface area contributed by atoms with Crippen LogP contribution < -0.4 is 4.74 Å². The van der Waals surface area contributed by atoms with Crippen LogP contribution in [0.3, 0.4) is 0 Å². The number of aliphatic hydroxyl groups excluding tert-OH is 3. The fraction of sp³-hybridized carbons (Fsp3) is 0.609. The number of carbonyl (C=O) groups is 1. The number of fused-ring (bicyclic) bond motifs is 2. The monoisotopic (exact) mass is 461 g/mol. The molecule has 1 spiro atoms. The van der Waals surface area contributed by atoms with Crippen molar-refractivity contribution >= 4 is 5.97 Å². The van der Waals surface area contributed by atoms with E-state index in [2.05, 4.69) is 18.0 Å². The van der Waals surface area contributed by atoms with Gasteiger partial charge in [0, 0.05) is 17.0 Å². The van der Waals surface area contributed by atoms with Crippen molar-refractivity contribution in [3.63, 3.8) is 0 Å². The number of allylic oxidation sites excluding steroid dienone is 1. The van der Waals surface area contributed by atoms with Crippen LogP contribution in [0.4, 0.5) is 0 Å². The lowest BCUT2D eigenvalue weighted by molar-refractivity contribution is -0.306. The molecule has 0 saturated carbocycles. The summed E-state index contributed by atoms with van der Waals surface area (Å²) in [4.78, 5) is 13.8. The second-order valence-electron chi connectivity index (χ2n) is 9.77. The zero-order valence-electron chi connectivity index (χ0n) is 17.9. The third-order valence-electron chi connectivity index (χ3n) is 8.23. The molecule has 10 nitrogen and oxygen atoms in total. The van der Waals surface area contributed by atoms with Crippen LogP contribution in [-0.2, 0) is 19.7 Å². The van der Waals surface area contributed by atoms with E-state index in [0.717, 1.165) is 30.5 Å². The molecule has 7 rings (SSSR count). The summed E-state index contributed by atoms with van der Waals surface area (Å²) >= 11 is 0. The predicted octanol–water partition coefficient (Wildman–Crippen LogP) is -0.365. The lowest BCUT2D eigenvalue weighted by Gasteiger charge is -2.48. The van der Waals surface area contributed by atoms with E-state index in [1.165, 1.54) is 0 Å². The Morgan fingerprint density at radius 2 is 1.97 bits per heavy atom. The minimum Gasteiger partial charge on any atom is -0.504 e. The number of aliphatic hydroxyl groups is 3. The van der Waals surface area contributed by atoms with Gasteiger partial charge in [-0.25, -0.2) is 4.79 Å². The molecule has 5 N–H and O–H groups in total. The molecule has 1 unspecified atom stereocenters. The Hall–Kier alpha value is -2.21. The van der Waals surface area contributed by atoms with E-state index in [-0.39, 0.29) is 17.7 Å².